The quantitative estimate of drug-likeness (QED) is 0.808. The second kappa shape index (κ2) is 6.71. The summed E-state index contributed by atoms with van der Waals surface area (Å²) in [5.74, 6) is 0.202. The van der Waals surface area contributed by atoms with Crippen LogP contribution in [0.1, 0.15) is 46.0 Å². The summed E-state index contributed by atoms with van der Waals surface area (Å²) in [6.07, 6.45) is 6.52. The Bertz CT molecular complexity index is 294. The topological polar surface area (TPSA) is 44.4 Å². The summed E-state index contributed by atoms with van der Waals surface area (Å²) in [5, 5.41) is 6.51. The lowest BCUT2D eigenvalue weighted by Gasteiger charge is -2.35. The van der Waals surface area contributed by atoms with E-state index in [0.29, 0.717) is 5.41 Å². The summed E-state index contributed by atoms with van der Waals surface area (Å²) in [7, 11) is 0. The van der Waals surface area contributed by atoms with E-state index in [1.165, 1.54) is 32.1 Å². The lowest BCUT2D eigenvalue weighted by molar-refractivity contribution is -0.126. The lowest BCUT2D eigenvalue weighted by atomic mass is 9.76. The molecule has 4 heteroatoms. The average Bonchev–Trinajstić information content (AvgIpc) is 2.46. The number of rotatable bonds is 4. The van der Waals surface area contributed by atoms with Gasteiger partial charge in [0.05, 0.1) is 6.04 Å². The van der Waals surface area contributed by atoms with Crippen molar-refractivity contribution >= 4 is 5.91 Å². The van der Waals surface area contributed by atoms with Gasteiger partial charge in [-0.1, -0.05) is 26.2 Å². The van der Waals surface area contributed by atoms with Crippen LogP contribution in [-0.2, 0) is 4.79 Å². The van der Waals surface area contributed by atoms with Gasteiger partial charge in [-0.05, 0) is 25.2 Å². The van der Waals surface area contributed by atoms with Crippen molar-refractivity contribution in [1.82, 2.24) is 15.5 Å². The van der Waals surface area contributed by atoms with Crippen LogP contribution in [-0.4, -0.2) is 49.6 Å². The summed E-state index contributed by atoms with van der Waals surface area (Å²) in [4.78, 5) is 14.5. The van der Waals surface area contributed by atoms with Gasteiger partial charge in [0.2, 0.25) is 5.91 Å². The van der Waals surface area contributed by atoms with E-state index in [4.69, 9.17) is 0 Å². The first-order valence-electron chi connectivity index (χ1n) is 7.83. The lowest BCUT2D eigenvalue weighted by Crippen LogP contribution is -2.53. The van der Waals surface area contributed by atoms with Crippen molar-refractivity contribution in [2.45, 2.75) is 52.0 Å². The van der Waals surface area contributed by atoms with Crippen LogP contribution < -0.4 is 10.6 Å². The Hall–Kier alpha value is -0.610. The number of hydrogen-bond acceptors (Lipinski definition) is 3. The van der Waals surface area contributed by atoms with Crippen molar-refractivity contribution in [3.63, 3.8) is 0 Å². The van der Waals surface area contributed by atoms with Crippen molar-refractivity contribution in [1.29, 1.82) is 0 Å². The van der Waals surface area contributed by atoms with Gasteiger partial charge in [-0.3, -0.25) is 9.69 Å². The molecule has 2 N–H and O–H groups in total. The summed E-state index contributed by atoms with van der Waals surface area (Å²) in [6, 6.07) is 0.00860. The third-order valence-corrected chi connectivity index (χ3v) is 4.83. The summed E-state index contributed by atoms with van der Waals surface area (Å²) < 4.78 is 0. The highest BCUT2D eigenvalue weighted by atomic mass is 16.2. The minimum Gasteiger partial charge on any atom is -0.354 e. The van der Waals surface area contributed by atoms with Crippen LogP contribution in [0, 0.1) is 5.41 Å². The van der Waals surface area contributed by atoms with Crippen molar-refractivity contribution in [2.24, 2.45) is 5.41 Å². The van der Waals surface area contributed by atoms with Gasteiger partial charge >= 0.3 is 0 Å². The van der Waals surface area contributed by atoms with Crippen LogP contribution >= 0.6 is 0 Å². The minimum absolute atomic E-state index is 0.00860. The Morgan fingerprint density at radius 3 is 2.53 bits per heavy atom. The van der Waals surface area contributed by atoms with E-state index < -0.39 is 0 Å². The zero-order valence-electron chi connectivity index (χ0n) is 12.5. The zero-order valence-corrected chi connectivity index (χ0v) is 12.5. The molecule has 1 saturated heterocycles. The number of piperazine rings is 1. The number of hydrogen-bond donors (Lipinski definition) is 2. The first kappa shape index (κ1) is 14.8. The molecular weight excluding hydrogens is 238 g/mol. The maximum atomic E-state index is 12.3. The number of carbonyl (C=O) groups is 1. The van der Waals surface area contributed by atoms with Gasteiger partial charge < -0.3 is 10.6 Å². The zero-order chi connectivity index (χ0) is 13.7. The van der Waals surface area contributed by atoms with Crippen LogP contribution in [0.15, 0.2) is 0 Å². The molecule has 1 saturated carbocycles. The third-order valence-electron chi connectivity index (χ3n) is 4.83. The van der Waals surface area contributed by atoms with E-state index in [1.807, 2.05) is 6.92 Å². The molecule has 0 aromatic rings. The Labute approximate surface area is 117 Å². The number of amides is 1. The number of carbonyl (C=O) groups excluding carboxylic acids is 1. The van der Waals surface area contributed by atoms with Gasteiger partial charge in [0.1, 0.15) is 0 Å². The van der Waals surface area contributed by atoms with E-state index in [2.05, 4.69) is 22.5 Å². The molecule has 2 fully saturated rings. The summed E-state index contributed by atoms with van der Waals surface area (Å²) >= 11 is 0. The second-order valence-electron chi connectivity index (χ2n) is 6.55. The molecule has 1 heterocycles. The molecule has 0 bridgehead atoms. The van der Waals surface area contributed by atoms with Gasteiger partial charge in [0.15, 0.2) is 0 Å². The molecule has 0 radical (unpaired) electrons. The second-order valence-corrected chi connectivity index (χ2v) is 6.55. The molecule has 4 nitrogen and oxygen atoms in total. The van der Waals surface area contributed by atoms with Gasteiger partial charge in [0.25, 0.3) is 0 Å². The van der Waals surface area contributed by atoms with E-state index in [0.717, 1.165) is 32.7 Å². The molecular formula is C15H29N3O. The summed E-state index contributed by atoms with van der Waals surface area (Å²) in [6.45, 7) is 9.15. The Morgan fingerprint density at radius 1 is 1.26 bits per heavy atom. The highest BCUT2D eigenvalue weighted by Gasteiger charge is 2.29. The molecule has 0 aromatic carbocycles. The van der Waals surface area contributed by atoms with E-state index in [-0.39, 0.29) is 11.9 Å². The van der Waals surface area contributed by atoms with Gasteiger partial charge in [0, 0.05) is 32.7 Å². The highest BCUT2D eigenvalue weighted by Crippen LogP contribution is 2.34. The molecule has 1 unspecified atom stereocenters. The molecule has 0 spiro atoms. The first-order valence-corrected chi connectivity index (χ1v) is 7.83. The average molecular weight is 267 g/mol. The molecule has 2 rings (SSSR count). The van der Waals surface area contributed by atoms with E-state index in [9.17, 15) is 4.79 Å². The largest absolute Gasteiger partial charge is 0.354 e. The smallest absolute Gasteiger partial charge is 0.237 e. The Balaban J connectivity index is 1.76. The normalized spacial score (nSPS) is 25.8. The van der Waals surface area contributed by atoms with Gasteiger partial charge in [-0.15, -0.1) is 0 Å². The molecule has 110 valence electrons. The van der Waals surface area contributed by atoms with E-state index in [1.54, 1.807) is 0 Å². The fourth-order valence-electron chi connectivity index (χ4n) is 3.27. The molecule has 1 atom stereocenters. The van der Waals surface area contributed by atoms with Crippen LogP contribution in [0.5, 0.6) is 0 Å². The molecule has 2 aliphatic rings. The third kappa shape index (κ3) is 4.18. The van der Waals surface area contributed by atoms with Crippen molar-refractivity contribution in [3.05, 3.63) is 0 Å². The van der Waals surface area contributed by atoms with Crippen molar-refractivity contribution in [3.8, 4) is 0 Å². The number of nitrogens with zero attached hydrogens (tertiary/aromatic N) is 1. The van der Waals surface area contributed by atoms with Crippen LogP contribution in [0.2, 0.25) is 0 Å². The maximum absolute atomic E-state index is 12.3. The first-order chi connectivity index (χ1) is 9.11. The van der Waals surface area contributed by atoms with Crippen molar-refractivity contribution in [2.75, 3.05) is 32.7 Å². The fourth-order valence-corrected chi connectivity index (χ4v) is 3.27. The maximum Gasteiger partial charge on any atom is 0.237 e. The summed E-state index contributed by atoms with van der Waals surface area (Å²) in [5.41, 5.74) is 0.330. The monoisotopic (exact) mass is 267 g/mol. The molecule has 1 amide bonds. The molecule has 1 aliphatic carbocycles. The Kier molecular flexibility index (Phi) is 5.22. The molecule has 19 heavy (non-hydrogen) atoms. The SMILES string of the molecule is CC(C(=O)NCC1(C)CCCCC1)N1CCNCC1. The molecule has 1 aliphatic heterocycles. The highest BCUT2D eigenvalue weighted by molar-refractivity contribution is 5.81. The van der Waals surface area contributed by atoms with Gasteiger partial charge in [-0.2, -0.15) is 0 Å². The predicted molar refractivity (Wildman–Crippen MR) is 78.1 cm³/mol. The standard InChI is InChI=1S/C15H29N3O/c1-13(18-10-8-16-9-11-18)14(19)17-12-15(2)6-4-3-5-7-15/h13,16H,3-12H2,1-2H3,(H,17,19). The van der Waals surface area contributed by atoms with E-state index >= 15 is 0 Å². The van der Waals surface area contributed by atoms with Crippen molar-refractivity contribution < 1.29 is 4.79 Å². The van der Waals surface area contributed by atoms with Gasteiger partial charge in [-0.25, -0.2) is 0 Å². The fraction of sp³-hybridized carbons (Fsp3) is 0.933. The molecule has 0 aromatic heterocycles. The minimum atomic E-state index is 0.00860. The Morgan fingerprint density at radius 2 is 1.89 bits per heavy atom. The number of nitrogens with one attached hydrogen (secondary N) is 2. The van der Waals surface area contributed by atoms with Crippen LogP contribution in [0.4, 0.5) is 0 Å². The van der Waals surface area contributed by atoms with Crippen LogP contribution in [0.25, 0.3) is 0 Å². The predicted octanol–water partition coefficient (Wildman–Crippen LogP) is 1.37. The van der Waals surface area contributed by atoms with Crippen LogP contribution in [0.3, 0.4) is 0 Å².